The summed E-state index contributed by atoms with van der Waals surface area (Å²) in [6.45, 7) is 1.97. The molecule has 0 aromatic heterocycles. The molecule has 19 heavy (non-hydrogen) atoms. The summed E-state index contributed by atoms with van der Waals surface area (Å²) >= 11 is 0. The number of aromatic hydroxyl groups is 2. The first kappa shape index (κ1) is 14.8. The Morgan fingerprint density at radius 1 is 1.26 bits per heavy atom. The van der Waals surface area contributed by atoms with Crippen molar-refractivity contribution in [2.75, 3.05) is 6.54 Å². The lowest BCUT2D eigenvalue weighted by Gasteiger charge is -2.08. The number of nitrogens with one attached hydrogen (secondary N) is 1. The summed E-state index contributed by atoms with van der Waals surface area (Å²) in [6.07, 6.45) is 1.04. The summed E-state index contributed by atoms with van der Waals surface area (Å²) in [5, 5.41) is 29.7. The molecule has 0 heterocycles. The molecule has 1 amide bonds. The number of hydrogen-bond donors (Lipinski definition) is 4. The fourth-order valence-corrected chi connectivity index (χ4v) is 1.50. The molecule has 6 heteroatoms. The SMILES string of the molecule is CC(CCCNC(=O)c1ccc(O)c(O)c1)C(=O)O. The van der Waals surface area contributed by atoms with Crippen molar-refractivity contribution in [3.63, 3.8) is 0 Å². The highest BCUT2D eigenvalue weighted by molar-refractivity contribution is 5.94. The minimum atomic E-state index is -0.852. The van der Waals surface area contributed by atoms with E-state index < -0.39 is 11.9 Å². The largest absolute Gasteiger partial charge is 0.504 e. The number of carbonyl (C=O) groups is 2. The molecule has 0 bridgehead atoms. The molecule has 0 fully saturated rings. The molecule has 4 N–H and O–H groups in total. The molecule has 1 aromatic rings. The third-order valence-corrected chi connectivity index (χ3v) is 2.76. The van der Waals surface area contributed by atoms with Crippen LogP contribution >= 0.6 is 0 Å². The Kier molecular flexibility index (Phi) is 5.17. The summed E-state index contributed by atoms with van der Waals surface area (Å²) in [7, 11) is 0. The van der Waals surface area contributed by atoms with Crippen LogP contribution in [-0.2, 0) is 4.79 Å². The maximum Gasteiger partial charge on any atom is 0.306 e. The van der Waals surface area contributed by atoms with Gasteiger partial charge in [-0.3, -0.25) is 9.59 Å². The Bertz CT molecular complexity index is 472. The van der Waals surface area contributed by atoms with Crippen LogP contribution in [0.1, 0.15) is 30.1 Å². The predicted octanol–water partition coefficient (Wildman–Crippen LogP) is 1.33. The van der Waals surface area contributed by atoms with E-state index in [0.717, 1.165) is 0 Å². The molecule has 0 aliphatic heterocycles. The Morgan fingerprint density at radius 3 is 2.53 bits per heavy atom. The maximum absolute atomic E-state index is 11.7. The monoisotopic (exact) mass is 267 g/mol. The average Bonchev–Trinajstić information content (AvgIpc) is 2.37. The molecular weight excluding hydrogens is 250 g/mol. The number of phenols is 2. The second kappa shape index (κ2) is 6.63. The number of carbonyl (C=O) groups excluding carboxylic acids is 1. The number of aliphatic carboxylic acids is 1. The van der Waals surface area contributed by atoms with Crippen LogP contribution in [0.4, 0.5) is 0 Å². The van der Waals surface area contributed by atoms with E-state index >= 15 is 0 Å². The van der Waals surface area contributed by atoms with Crippen LogP contribution in [0.2, 0.25) is 0 Å². The van der Waals surface area contributed by atoms with Gasteiger partial charge in [-0.05, 0) is 31.0 Å². The Balaban J connectivity index is 2.39. The van der Waals surface area contributed by atoms with E-state index in [1.807, 2.05) is 0 Å². The highest BCUT2D eigenvalue weighted by Gasteiger charge is 2.11. The molecule has 1 unspecified atom stereocenters. The van der Waals surface area contributed by atoms with E-state index in [2.05, 4.69) is 5.32 Å². The molecule has 1 atom stereocenters. The van der Waals surface area contributed by atoms with Crippen LogP contribution in [0.15, 0.2) is 18.2 Å². The van der Waals surface area contributed by atoms with Crippen LogP contribution in [0.25, 0.3) is 0 Å². The average molecular weight is 267 g/mol. The molecule has 0 saturated heterocycles. The van der Waals surface area contributed by atoms with E-state index in [-0.39, 0.29) is 23.0 Å². The number of amides is 1. The van der Waals surface area contributed by atoms with Gasteiger partial charge in [0.05, 0.1) is 5.92 Å². The summed E-state index contributed by atoms with van der Waals surface area (Å²) in [4.78, 5) is 22.2. The number of carboxylic acids is 1. The molecule has 1 rings (SSSR count). The fourth-order valence-electron chi connectivity index (χ4n) is 1.50. The van der Waals surface area contributed by atoms with E-state index in [1.165, 1.54) is 18.2 Å². The van der Waals surface area contributed by atoms with Gasteiger partial charge in [0, 0.05) is 12.1 Å². The van der Waals surface area contributed by atoms with Crippen LogP contribution in [0.5, 0.6) is 11.5 Å². The zero-order valence-corrected chi connectivity index (χ0v) is 10.6. The minimum Gasteiger partial charge on any atom is -0.504 e. The van der Waals surface area contributed by atoms with Gasteiger partial charge >= 0.3 is 5.97 Å². The lowest BCUT2D eigenvalue weighted by Crippen LogP contribution is -2.25. The molecule has 0 aliphatic rings. The highest BCUT2D eigenvalue weighted by Crippen LogP contribution is 2.24. The van der Waals surface area contributed by atoms with E-state index in [0.29, 0.717) is 19.4 Å². The first-order valence-corrected chi connectivity index (χ1v) is 5.94. The lowest BCUT2D eigenvalue weighted by atomic mass is 10.1. The molecule has 104 valence electrons. The smallest absolute Gasteiger partial charge is 0.306 e. The Morgan fingerprint density at radius 2 is 1.95 bits per heavy atom. The van der Waals surface area contributed by atoms with Gasteiger partial charge < -0.3 is 20.6 Å². The summed E-state index contributed by atoms with van der Waals surface area (Å²) in [5.74, 6) is -2.30. The minimum absolute atomic E-state index is 0.238. The molecule has 1 aromatic carbocycles. The predicted molar refractivity (Wildman–Crippen MR) is 68.1 cm³/mol. The Hall–Kier alpha value is -2.24. The molecule has 0 spiro atoms. The second-order valence-corrected chi connectivity index (χ2v) is 4.34. The van der Waals surface area contributed by atoms with Gasteiger partial charge in [0.15, 0.2) is 11.5 Å². The van der Waals surface area contributed by atoms with Crippen molar-refractivity contribution < 1.29 is 24.9 Å². The third-order valence-electron chi connectivity index (χ3n) is 2.76. The van der Waals surface area contributed by atoms with Crippen molar-refractivity contribution in [2.24, 2.45) is 5.92 Å². The van der Waals surface area contributed by atoms with Crippen LogP contribution in [-0.4, -0.2) is 33.7 Å². The van der Waals surface area contributed by atoms with Crippen molar-refractivity contribution in [2.45, 2.75) is 19.8 Å². The van der Waals surface area contributed by atoms with Gasteiger partial charge in [-0.2, -0.15) is 0 Å². The first-order valence-electron chi connectivity index (χ1n) is 5.94. The standard InChI is InChI=1S/C13H17NO5/c1-8(13(18)19)3-2-6-14-12(17)9-4-5-10(15)11(16)7-9/h4-5,7-8,15-16H,2-3,6H2,1H3,(H,14,17)(H,18,19). The number of hydrogen-bond acceptors (Lipinski definition) is 4. The molecular formula is C13H17NO5. The molecule has 0 saturated carbocycles. The van der Waals surface area contributed by atoms with Gasteiger partial charge in [-0.15, -0.1) is 0 Å². The zero-order chi connectivity index (χ0) is 14.4. The van der Waals surface area contributed by atoms with Crippen LogP contribution in [0, 0.1) is 5.92 Å². The number of phenolic OH excluding ortho intramolecular Hbond substituents is 2. The Labute approximate surface area is 110 Å². The van der Waals surface area contributed by atoms with E-state index in [1.54, 1.807) is 6.92 Å². The van der Waals surface area contributed by atoms with Gasteiger partial charge in [-0.25, -0.2) is 0 Å². The van der Waals surface area contributed by atoms with Gasteiger partial charge in [-0.1, -0.05) is 6.92 Å². The van der Waals surface area contributed by atoms with Crippen molar-refractivity contribution >= 4 is 11.9 Å². The van der Waals surface area contributed by atoms with Gasteiger partial charge in [0.25, 0.3) is 5.91 Å². The lowest BCUT2D eigenvalue weighted by molar-refractivity contribution is -0.141. The van der Waals surface area contributed by atoms with Crippen molar-refractivity contribution in [1.82, 2.24) is 5.32 Å². The van der Waals surface area contributed by atoms with E-state index in [4.69, 9.17) is 10.2 Å². The summed E-state index contributed by atoms with van der Waals surface area (Å²) in [6, 6.07) is 3.80. The van der Waals surface area contributed by atoms with E-state index in [9.17, 15) is 14.7 Å². The summed E-state index contributed by atoms with van der Waals surface area (Å²) in [5.41, 5.74) is 0.238. The normalized spacial score (nSPS) is 11.8. The van der Waals surface area contributed by atoms with Crippen molar-refractivity contribution in [3.8, 4) is 11.5 Å². The van der Waals surface area contributed by atoms with Crippen molar-refractivity contribution in [1.29, 1.82) is 0 Å². The molecule has 0 aliphatic carbocycles. The summed E-state index contributed by atoms with van der Waals surface area (Å²) < 4.78 is 0. The maximum atomic E-state index is 11.7. The van der Waals surface area contributed by atoms with Crippen LogP contribution < -0.4 is 5.32 Å². The van der Waals surface area contributed by atoms with Gasteiger partial charge in [0.2, 0.25) is 0 Å². The fraction of sp³-hybridized carbons (Fsp3) is 0.385. The molecule has 0 radical (unpaired) electrons. The molecule has 6 nitrogen and oxygen atoms in total. The second-order valence-electron chi connectivity index (χ2n) is 4.34. The quantitative estimate of drug-likeness (QED) is 0.459. The van der Waals surface area contributed by atoms with Gasteiger partial charge in [0.1, 0.15) is 0 Å². The first-order chi connectivity index (χ1) is 8.91. The number of benzene rings is 1. The van der Waals surface area contributed by atoms with Crippen LogP contribution in [0.3, 0.4) is 0 Å². The van der Waals surface area contributed by atoms with Crippen molar-refractivity contribution in [3.05, 3.63) is 23.8 Å². The third kappa shape index (κ3) is 4.50. The zero-order valence-electron chi connectivity index (χ0n) is 10.6. The topological polar surface area (TPSA) is 107 Å². The highest BCUT2D eigenvalue weighted by atomic mass is 16.4. The number of carboxylic acid groups (broad SMARTS) is 1. The number of rotatable bonds is 6.